The lowest BCUT2D eigenvalue weighted by Crippen LogP contribution is -2.17. The Morgan fingerprint density at radius 3 is 1.39 bits per heavy atom. The topological polar surface area (TPSA) is 47.6 Å². The van der Waals surface area contributed by atoms with Gasteiger partial charge in [-0.15, -0.1) is 23.5 Å². The third-order valence-electron chi connectivity index (χ3n) is 7.68. The summed E-state index contributed by atoms with van der Waals surface area (Å²) in [6.07, 6.45) is 10.5. The van der Waals surface area contributed by atoms with E-state index in [-0.39, 0.29) is 5.57 Å². The van der Waals surface area contributed by atoms with Crippen LogP contribution in [-0.2, 0) is 0 Å². The highest BCUT2D eigenvalue weighted by Gasteiger charge is 2.35. The first-order valence-electron chi connectivity index (χ1n) is 15.7. The Morgan fingerprint density at radius 1 is 0.543 bits per heavy atom. The minimum atomic E-state index is 0.163. The summed E-state index contributed by atoms with van der Waals surface area (Å²) in [5.74, 6) is 2.43. The van der Waals surface area contributed by atoms with Gasteiger partial charge in [0.25, 0.3) is 0 Å². The molecule has 0 amide bonds. The molecule has 6 rings (SSSR count). The molecule has 0 saturated heterocycles. The van der Waals surface area contributed by atoms with Gasteiger partial charge in [-0.25, -0.2) is 0 Å². The molecule has 3 aromatic carbocycles. The van der Waals surface area contributed by atoms with Crippen LogP contribution in [0.5, 0.6) is 0 Å². The van der Waals surface area contributed by atoms with Crippen molar-refractivity contribution in [3.8, 4) is 12.1 Å². The molecule has 2 nitrogen and oxygen atoms in total. The zero-order valence-corrected chi connectivity index (χ0v) is 32.4. The van der Waals surface area contributed by atoms with Gasteiger partial charge in [0.15, 0.2) is 0 Å². The van der Waals surface area contributed by atoms with Crippen LogP contribution in [0.15, 0.2) is 74.0 Å². The van der Waals surface area contributed by atoms with E-state index in [0.29, 0.717) is 0 Å². The molecule has 3 aliphatic heterocycles. The van der Waals surface area contributed by atoms with Crippen molar-refractivity contribution in [3.05, 3.63) is 84.4 Å². The van der Waals surface area contributed by atoms with Crippen LogP contribution in [0.25, 0.3) is 31.4 Å². The third-order valence-corrected chi connectivity index (χ3v) is 19.5. The molecule has 0 N–H and O–H groups in total. The van der Waals surface area contributed by atoms with Crippen molar-refractivity contribution < 1.29 is 0 Å². The lowest BCUT2D eigenvalue weighted by molar-refractivity contribution is 0.707. The molecule has 3 heterocycles. The van der Waals surface area contributed by atoms with Crippen LogP contribution < -0.4 is 10.4 Å². The van der Waals surface area contributed by atoms with Crippen LogP contribution in [0.2, 0.25) is 0 Å². The summed E-state index contributed by atoms with van der Waals surface area (Å²) in [5.41, 5.74) is 0.163. The maximum Gasteiger partial charge on any atom is 0.138 e. The van der Waals surface area contributed by atoms with Gasteiger partial charge in [0, 0.05) is 10.4 Å². The first-order chi connectivity index (χ1) is 22.7. The highest BCUT2D eigenvalue weighted by Crippen LogP contribution is 2.71. The molecule has 3 aromatic rings. The highest BCUT2D eigenvalue weighted by atomic mass is 32.3. The fraction of sp³-hybridized carbons (Fsp3) is 0.333. The molecular formula is C36H34N2S8. The first-order valence-corrected chi connectivity index (χ1v) is 22.6. The fourth-order valence-corrected chi connectivity index (χ4v) is 18.2. The monoisotopic (exact) mass is 750 g/mol. The summed E-state index contributed by atoms with van der Waals surface area (Å²) >= 11 is 15.8. The maximum absolute atomic E-state index is 9.83. The van der Waals surface area contributed by atoms with Gasteiger partial charge >= 0.3 is 0 Å². The van der Waals surface area contributed by atoms with Crippen LogP contribution in [0.1, 0.15) is 65.2 Å². The Morgan fingerprint density at radius 2 is 0.957 bits per heavy atom. The lowest BCUT2D eigenvalue weighted by atomic mass is 9.96. The molecule has 3 aliphatic rings. The predicted octanol–water partition coefficient (Wildman–Crippen LogP) is 12.7. The van der Waals surface area contributed by atoms with E-state index < -0.39 is 0 Å². The summed E-state index contributed by atoms with van der Waals surface area (Å²) in [4.78, 5) is 0. The Kier molecular flexibility index (Phi) is 12.9. The molecule has 0 radical (unpaired) electrons. The second kappa shape index (κ2) is 17.0. The Hall–Kier alpha value is -1.08. The molecule has 0 bridgehead atoms. The van der Waals surface area contributed by atoms with Gasteiger partial charge in [0.1, 0.15) is 17.7 Å². The lowest BCUT2D eigenvalue weighted by Gasteiger charge is -2.11. The van der Waals surface area contributed by atoms with Crippen molar-refractivity contribution in [3.63, 3.8) is 0 Å². The van der Waals surface area contributed by atoms with E-state index in [2.05, 4.69) is 73.8 Å². The molecule has 46 heavy (non-hydrogen) atoms. The number of fused-ring (bicyclic) bond motifs is 2. The Balaban J connectivity index is 1.26. The second-order valence-electron chi connectivity index (χ2n) is 10.9. The number of nitriles is 2. The van der Waals surface area contributed by atoms with Crippen LogP contribution in [0.4, 0.5) is 0 Å². The highest BCUT2D eigenvalue weighted by molar-refractivity contribution is 8.52. The maximum atomic E-state index is 9.83. The van der Waals surface area contributed by atoms with Crippen molar-refractivity contribution in [1.29, 1.82) is 10.5 Å². The molecule has 0 fully saturated rings. The summed E-state index contributed by atoms with van der Waals surface area (Å²) in [7, 11) is 0. The van der Waals surface area contributed by atoms with E-state index in [1.807, 2.05) is 94.8 Å². The van der Waals surface area contributed by atoms with Gasteiger partial charge in [0.2, 0.25) is 0 Å². The predicted molar refractivity (Wildman–Crippen MR) is 219 cm³/mol. The number of hydrogen-bond donors (Lipinski definition) is 0. The number of unbranched alkanes of at least 4 members (excludes halogenated alkanes) is 6. The van der Waals surface area contributed by atoms with Gasteiger partial charge in [-0.2, -0.15) is 10.5 Å². The SMILES string of the molecule is CCCCCCSC1=C(SCCCCCC)SC(=C2SC3=C(S2)SC(=c2c4ccccc4c(=C(C#N)C#N)c4ccccc24)S3)S1. The molecule has 10 heteroatoms. The Bertz CT molecular complexity index is 1830. The number of benzene rings is 3. The summed E-state index contributed by atoms with van der Waals surface area (Å²) < 4.78 is 9.96. The van der Waals surface area contributed by atoms with E-state index in [0.717, 1.165) is 26.8 Å². The smallest absolute Gasteiger partial charge is 0.138 e. The third kappa shape index (κ3) is 7.71. The molecular weight excluding hydrogens is 717 g/mol. The number of thioether (sulfide) groups is 8. The second-order valence-corrected chi connectivity index (χ2v) is 21.0. The van der Waals surface area contributed by atoms with E-state index in [9.17, 15) is 10.5 Å². The van der Waals surface area contributed by atoms with Gasteiger partial charge in [-0.05, 0) is 45.9 Å². The molecule has 0 aromatic heterocycles. The average Bonchev–Trinajstić information content (AvgIpc) is 3.78. The molecule has 0 saturated carbocycles. The van der Waals surface area contributed by atoms with Gasteiger partial charge in [0.05, 0.1) is 29.7 Å². The van der Waals surface area contributed by atoms with E-state index in [4.69, 9.17) is 0 Å². The first kappa shape index (κ1) is 34.8. The molecule has 0 aliphatic carbocycles. The molecule has 0 unspecified atom stereocenters. The zero-order chi connectivity index (χ0) is 31.9. The quantitative estimate of drug-likeness (QED) is 0.132. The zero-order valence-electron chi connectivity index (χ0n) is 25.9. The van der Waals surface area contributed by atoms with Crippen molar-refractivity contribution in [1.82, 2.24) is 0 Å². The van der Waals surface area contributed by atoms with Gasteiger partial charge < -0.3 is 0 Å². The standard InChI is InChI=1S/C36H34N2S8/c1-3-5-7-13-19-39-31-32(40-20-14-8-6-4-2)44-35(43-31)36-45-33-34(46-36)42-30(41-33)29-26-17-11-9-15-24(26)28(23(21-37)22-38)25-16-10-12-18-27(25)29/h9-12,15-18H,3-8,13-14,19-20H2,1-2H3. The van der Waals surface area contributed by atoms with Crippen molar-refractivity contribution in [2.45, 2.75) is 65.2 Å². The number of rotatable bonds is 12. The average molecular weight is 751 g/mol. The van der Waals surface area contributed by atoms with Crippen LogP contribution in [0, 0.1) is 22.7 Å². The summed E-state index contributed by atoms with van der Waals surface area (Å²) in [6.45, 7) is 4.57. The minimum Gasteiger partial charge on any atom is -0.192 e. The van der Waals surface area contributed by atoms with Crippen molar-refractivity contribution in [2.75, 3.05) is 11.5 Å². The normalized spacial score (nSPS) is 16.2. The van der Waals surface area contributed by atoms with Gasteiger partial charge in [-0.1, -0.05) is 171 Å². The number of nitrogens with zero attached hydrogens (tertiary/aromatic N) is 2. The van der Waals surface area contributed by atoms with Crippen molar-refractivity contribution >= 4 is 125 Å². The summed E-state index contributed by atoms with van der Waals surface area (Å²) in [5, 5.41) is 25.7. The van der Waals surface area contributed by atoms with E-state index >= 15 is 0 Å². The molecule has 236 valence electrons. The fourth-order valence-electron chi connectivity index (χ4n) is 5.45. The molecule has 0 atom stereocenters. The van der Waals surface area contributed by atoms with Crippen LogP contribution >= 0.6 is 94.1 Å². The van der Waals surface area contributed by atoms with E-state index in [1.54, 1.807) is 0 Å². The van der Waals surface area contributed by atoms with Crippen LogP contribution in [0.3, 0.4) is 0 Å². The Labute approximate surface area is 306 Å². The summed E-state index contributed by atoms with van der Waals surface area (Å²) in [6, 6.07) is 20.8. The van der Waals surface area contributed by atoms with Crippen molar-refractivity contribution in [2.24, 2.45) is 0 Å². The largest absolute Gasteiger partial charge is 0.192 e. The number of hydrogen-bond acceptors (Lipinski definition) is 10. The van der Waals surface area contributed by atoms with Gasteiger partial charge in [-0.3, -0.25) is 0 Å². The van der Waals surface area contributed by atoms with Crippen LogP contribution in [-0.4, -0.2) is 11.5 Å². The molecule has 0 spiro atoms. The van der Waals surface area contributed by atoms with E-state index in [1.165, 1.54) is 97.8 Å². The minimum absolute atomic E-state index is 0.163.